The van der Waals surface area contributed by atoms with Gasteiger partial charge in [0.1, 0.15) is 49.8 Å². The van der Waals surface area contributed by atoms with Crippen LogP contribution in [-0.4, -0.2) is 147 Å². The predicted molar refractivity (Wildman–Crippen MR) is 327 cm³/mol. The van der Waals surface area contributed by atoms with E-state index in [0.29, 0.717) is 0 Å². The third-order valence-corrected chi connectivity index (χ3v) is 14.7. The van der Waals surface area contributed by atoms with E-state index >= 15 is 0 Å². The number of carbonyl (C=O) groups is 6. The van der Waals surface area contributed by atoms with Crippen LogP contribution in [0.3, 0.4) is 0 Å². The van der Waals surface area contributed by atoms with Gasteiger partial charge in [0.25, 0.3) is 0 Å². The van der Waals surface area contributed by atoms with Crippen LogP contribution in [0.4, 0.5) is 0 Å². The van der Waals surface area contributed by atoms with Gasteiger partial charge in [-0.25, -0.2) is 0 Å². The Kier molecular flexibility index (Phi) is 25.0. The SMILES string of the molecule is CC(C)(C)C(=O)OC[C@H]1O[C@@H](O[C@H]2[C@H](OC(=O)C(C)(C)C)[C@@H](OC(=O)C(C)(C)C)[C@H](O)O[C@@H]2COC(=O)C(C)(C)C)[C@H](OC(=O)C(C)(C)C)[C@@H](O[C@H]2O[C@H](COCc3ccccc3)[C@H](OCc3ccccc3)C[C@H]2OCc2ccccc2)[C@H]1OC(=O)C(C)(C)C. The second-order valence-corrected chi connectivity index (χ2v) is 29.4. The molecule has 3 heterocycles. The minimum atomic E-state index is -2.03. The molecule has 0 spiro atoms. The summed E-state index contributed by atoms with van der Waals surface area (Å²) >= 11 is 0. The fraction of sp³-hybridized carbons (Fsp3) is 0.652. The van der Waals surface area contributed by atoms with Crippen LogP contribution in [-0.2, 0) is 115 Å². The van der Waals surface area contributed by atoms with Gasteiger partial charge in [-0.1, -0.05) is 91.0 Å². The van der Waals surface area contributed by atoms with Crippen molar-refractivity contribution in [2.45, 2.75) is 237 Å². The van der Waals surface area contributed by atoms with Crippen LogP contribution < -0.4 is 0 Å². The maximum Gasteiger partial charge on any atom is 0.311 e. The molecule has 21 heteroatoms. The zero-order chi connectivity index (χ0) is 66.7. The van der Waals surface area contributed by atoms with E-state index in [1.807, 2.05) is 91.0 Å². The van der Waals surface area contributed by atoms with Gasteiger partial charge in [0, 0.05) is 6.42 Å². The van der Waals surface area contributed by atoms with Crippen LogP contribution in [0, 0.1) is 32.5 Å². The molecule has 0 aromatic heterocycles. The number of hydrogen-bond acceptors (Lipinski definition) is 21. The van der Waals surface area contributed by atoms with Crippen molar-refractivity contribution in [1.29, 1.82) is 0 Å². The Hall–Kier alpha value is -5.88. The second-order valence-electron chi connectivity index (χ2n) is 29.4. The third-order valence-electron chi connectivity index (χ3n) is 14.7. The molecule has 3 aromatic carbocycles. The van der Waals surface area contributed by atoms with E-state index in [1.54, 1.807) is 125 Å². The van der Waals surface area contributed by atoms with Crippen molar-refractivity contribution in [3.8, 4) is 0 Å². The summed E-state index contributed by atoms with van der Waals surface area (Å²) in [6, 6.07) is 28.6. The molecule has 0 amide bonds. The average molecular weight is 1260 g/mol. The molecule has 14 atom stereocenters. The summed E-state index contributed by atoms with van der Waals surface area (Å²) < 4.78 is 91.7. The first-order chi connectivity index (χ1) is 41.8. The lowest BCUT2D eigenvalue weighted by Gasteiger charge is -2.50. The summed E-state index contributed by atoms with van der Waals surface area (Å²) in [5.41, 5.74) is -4.41. The minimum Gasteiger partial charge on any atom is -0.462 e. The van der Waals surface area contributed by atoms with Crippen LogP contribution in [0.1, 0.15) is 148 Å². The van der Waals surface area contributed by atoms with E-state index in [-0.39, 0.29) is 32.8 Å². The topological polar surface area (TPSA) is 252 Å². The van der Waals surface area contributed by atoms with Crippen molar-refractivity contribution in [3.05, 3.63) is 108 Å². The van der Waals surface area contributed by atoms with E-state index in [0.717, 1.165) is 16.7 Å². The molecule has 1 N–H and O–H groups in total. The molecule has 6 rings (SSSR count). The fourth-order valence-electron chi connectivity index (χ4n) is 9.11. The number of aliphatic hydroxyl groups is 1. The molecule has 500 valence electrons. The van der Waals surface area contributed by atoms with Gasteiger partial charge in [-0.3, -0.25) is 28.8 Å². The lowest BCUT2D eigenvalue weighted by atomic mass is 9.92. The highest BCUT2D eigenvalue weighted by Gasteiger charge is 2.60. The fourth-order valence-corrected chi connectivity index (χ4v) is 9.11. The highest BCUT2D eigenvalue weighted by atomic mass is 16.8. The van der Waals surface area contributed by atoms with E-state index in [1.165, 1.54) is 0 Å². The highest BCUT2D eigenvalue weighted by Crippen LogP contribution is 2.40. The van der Waals surface area contributed by atoms with Crippen LogP contribution in [0.15, 0.2) is 91.0 Å². The number of carbonyl (C=O) groups excluding carboxylic acids is 6. The summed E-state index contributed by atoms with van der Waals surface area (Å²) in [5.74, 6) is -4.66. The van der Waals surface area contributed by atoms with Crippen LogP contribution >= 0.6 is 0 Å². The monoisotopic (exact) mass is 1260 g/mol. The van der Waals surface area contributed by atoms with Gasteiger partial charge in [0.05, 0.1) is 65.0 Å². The van der Waals surface area contributed by atoms with Crippen molar-refractivity contribution < 1.29 is 100 Å². The van der Waals surface area contributed by atoms with E-state index < -0.39 is 168 Å². The van der Waals surface area contributed by atoms with Gasteiger partial charge < -0.3 is 71.4 Å². The van der Waals surface area contributed by atoms with Crippen molar-refractivity contribution in [2.75, 3.05) is 19.8 Å². The molecule has 3 fully saturated rings. The van der Waals surface area contributed by atoms with Crippen LogP contribution in [0.25, 0.3) is 0 Å². The van der Waals surface area contributed by atoms with Crippen molar-refractivity contribution in [3.63, 3.8) is 0 Å². The number of hydrogen-bond donors (Lipinski definition) is 1. The number of rotatable bonds is 22. The summed E-state index contributed by atoms with van der Waals surface area (Å²) in [7, 11) is 0. The van der Waals surface area contributed by atoms with Gasteiger partial charge in [0.15, 0.2) is 43.3 Å². The molecule has 0 aliphatic carbocycles. The molecular formula is C69H98O21. The maximum absolute atomic E-state index is 14.8. The van der Waals surface area contributed by atoms with Crippen LogP contribution in [0.2, 0.25) is 0 Å². The summed E-state index contributed by atoms with van der Waals surface area (Å²) in [4.78, 5) is 85.1. The second kappa shape index (κ2) is 30.7. The van der Waals surface area contributed by atoms with E-state index in [9.17, 15) is 33.9 Å². The molecule has 3 aliphatic heterocycles. The summed E-state index contributed by atoms with van der Waals surface area (Å²) in [5, 5.41) is 11.9. The minimum absolute atomic E-state index is 0.0281. The van der Waals surface area contributed by atoms with Gasteiger partial charge >= 0.3 is 35.8 Å². The quantitative estimate of drug-likeness (QED) is 0.0725. The number of aliphatic hydroxyl groups excluding tert-OH is 1. The summed E-state index contributed by atoms with van der Waals surface area (Å²) in [6.07, 6.45) is -21.6. The number of esters is 6. The normalized spacial score (nSPS) is 27.0. The largest absolute Gasteiger partial charge is 0.462 e. The molecule has 3 aliphatic rings. The average Bonchev–Trinajstić information content (AvgIpc) is 0.851. The smallest absolute Gasteiger partial charge is 0.311 e. The standard InChI is InChI=1S/C69H98O21/c1-64(2,3)58(71)80-39-47-49(51(88-61(74)67(10,11)12)53(55(70)82-47)89-62(75)68(13,14)15)85-57-54(90-63(76)69(16,17)18)52(50(87-60(73)66(7,8)9)48(84-57)40-81-59(72)65(4,5)6)86-56-45(79-37-43-32-26-21-27-33-43)34-44(78-36-42-30-24-20-25-31-42)46(83-56)38-77-35-41-28-22-19-23-29-41/h19-33,44-57,70H,34-40H2,1-18H3/t44-,45-,46-,47-,48-,49-,50+,51+,52+,53-,54-,55-,56-,57+/m1/s1. The Balaban J connectivity index is 1.59. The molecular weight excluding hydrogens is 1160 g/mol. The molecule has 0 bridgehead atoms. The third kappa shape index (κ3) is 21.1. The lowest BCUT2D eigenvalue weighted by molar-refractivity contribution is -0.379. The first-order valence-electron chi connectivity index (χ1n) is 30.9. The zero-order valence-electron chi connectivity index (χ0n) is 55.8. The van der Waals surface area contributed by atoms with Crippen molar-refractivity contribution in [2.24, 2.45) is 32.5 Å². The van der Waals surface area contributed by atoms with Gasteiger partial charge in [-0.15, -0.1) is 0 Å². The maximum atomic E-state index is 14.8. The first kappa shape index (κ1) is 73.2. The van der Waals surface area contributed by atoms with Gasteiger partial charge in [-0.2, -0.15) is 0 Å². The van der Waals surface area contributed by atoms with Crippen molar-refractivity contribution >= 4 is 35.8 Å². The Bertz CT molecular complexity index is 2800. The lowest BCUT2D eigenvalue weighted by Crippen LogP contribution is -2.68. The molecule has 0 radical (unpaired) electrons. The molecule has 0 unspecified atom stereocenters. The molecule has 21 nitrogen and oxygen atoms in total. The zero-order valence-corrected chi connectivity index (χ0v) is 55.8. The highest BCUT2D eigenvalue weighted by molar-refractivity contribution is 5.78. The van der Waals surface area contributed by atoms with Crippen LogP contribution in [0.5, 0.6) is 0 Å². The Morgan fingerprint density at radius 3 is 1.17 bits per heavy atom. The molecule has 0 saturated carbocycles. The van der Waals surface area contributed by atoms with E-state index in [2.05, 4.69) is 0 Å². The Morgan fingerprint density at radius 2 is 0.733 bits per heavy atom. The van der Waals surface area contributed by atoms with Gasteiger partial charge in [-0.05, 0) is 141 Å². The molecule has 3 saturated heterocycles. The number of ether oxygens (including phenoxy) is 14. The van der Waals surface area contributed by atoms with Crippen molar-refractivity contribution in [1.82, 2.24) is 0 Å². The predicted octanol–water partition coefficient (Wildman–Crippen LogP) is 9.71. The molecule has 3 aromatic rings. The summed E-state index contributed by atoms with van der Waals surface area (Å²) in [6.45, 7) is 28.1. The Labute approximate surface area is 530 Å². The van der Waals surface area contributed by atoms with Gasteiger partial charge in [0.2, 0.25) is 0 Å². The van der Waals surface area contributed by atoms with E-state index in [4.69, 9.17) is 66.3 Å². The Morgan fingerprint density at radius 1 is 0.378 bits per heavy atom. The molecule has 90 heavy (non-hydrogen) atoms. The number of benzene rings is 3. The first-order valence-corrected chi connectivity index (χ1v) is 30.9.